The van der Waals surface area contributed by atoms with E-state index in [1.165, 1.54) is 0 Å². The Bertz CT molecular complexity index is 474. The van der Waals surface area contributed by atoms with Crippen molar-refractivity contribution in [3.8, 4) is 0 Å². The van der Waals surface area contributed by atoms with Crippen molar-refractivity contribution in [3.05, 3.63) is 0 Å². The number of nitrogens with zero attached hydrogens (tertiary/aromatic N) is 1. The Hall–Kier alpha value is -1.14. The van der Waals surface area contributed by atoms with Gasteiger partial charge < -0.3 is 19.5 Å². The Labute approximate surface area is 145 Å². The molecule has 0 aromatic carbocycles. The van der Waals surface area contributed by atoms with Crippen LogP contribution in [0, 0.1) is 5.41 Å². The summed E-state index contributed by atoms with van der Waals surface area (Å²) in [5, 5.41) is 11.3. The lowest BCUT2D eigenvalue weighted by molar-refractivity contribution is -0.227. The smallest absolute Gasteiger partial charge is 0.306 e. The minimum absolute atomic E-state index is 0.00452. The fraction of sp³-hybridized carbons (Fsp3) is 0.889. The van der Waals surface area contributed by atoms with Crippen molar-refractivity contribution in [2.45, 2.75) is 78.0 Å². The van der Waals surface area contributed by atoms with Crippen LogP contribution in [-0.2, 0) is 19.1 Å². The molecule has 1 saturated heterocycles. The van der Waals surface area contributed by atoms with Crippen molar-refractivity contribution in [3.63, 3.8) is 0 Å². The van der Waals surface area contributed by atoms with E-state index in [1.807, 2.05) is 20.9 Å². The zero-order chi connectivity index (χ0) is 18.8. The van der Waals surface area contributed by atoms with Gasteiger partial charge in [0.15, 0.2) is 0 Å². The molecule has 1 aliphatic rings. The van der Waals surface area contributed by atoms with E-state index in [1.54, 1.807) is 13.8 Å². The van der Waals surface area contributed by atoms with E-state index in [-0.39, 0.29) is 18.4 Å². The zero-order valence-electron chi connectivity index (χ0n) is 16.1. The van der Waals surface area contributed by atoms with E-state index >= 15 is 0 Å². The molecular formula is C18H33NO5. The monoisotopic (exact) mass is 343 g/mol. The standard InChI is InChI=1S/C18H33NO5/c1-8-23-14(20)9-10-15(21)24-13(2)18(22)11-12-19(7)17(5,6)16(18,3)4/h13,22H,8-12H2,1-7H3. The molecule has 0 saturated carbocycles. The number of hydrogen-bond acceptors (Lipinski definition) is 6. The number of ether oxygens (including phenoxy) is 2. The molecule has 0 radical (unpaired) electrons. The Kier molecular flexibility index (Phi) is 6.44. The summed E-state index contributed by atoms with van der Waals surface area (Å²) in [7, 11) is 2.04. The third-order valence-corrected chi connectivity index (χ3v) is 6.21. The summed E-state index contributed by atoms with van der Waals surface area (Å²) in [4.78, 5) is 25.6. The van der Waals surface area contributed by atoms with E-state index in [0.29, 0.717) is 13.0 Å². The SMILES string of the molecule is CCOC(=O)CCC(=O)OC(C)C1(O)CCN(C)C(C)(C)C1(C)C. The van der Waals surface area contributed by atoms with Crippen LogP contribution in [0.4, 0.5) is 0 Å². The van der Waals surface area contributed by atoms with E-state index in [0.717, 1.165) is 6.54 Å². The van der Waals surface area contributed by atoms with Crippen LogP contribution in [0.15, 0.2) is 0 Å². The fourth-order valence-electron chi connectivity index (χ4n) is 3.44. The highest BCUT2D eigenvalue weighted by Gasteiger charge is 2.60. The highest BCUT2D eigenvalue weighted by molar-refractivity contribution is 5.77. The van der Waals surface area contributed by atoms with E-state index < -0.39 is 29.1 Å². The number of esters is 2. The Morgan fingerprint density at radius 2 is 1.71 bits per heavy atom. The average molecular weight is 343 g/mol. The molecule has 140 valence electrons. The van der Waals surface area contributed by atoms with Gasteiger partial charge in [0.2, 0.25) is 0 Å². The lowest BCUT2D eigenvalue weighted by Gasteiger charge is -2.61. The van der Waals surface area contributed by atoms with E-state index in [2.05, 4.69) is 18.7 Å². The molecule has 6 nitrogen and oxygen atoms in total. The lowest BCUT2D eigenvalue weighted by atomic mass is 9.57. The van der Waals surface area contributed by atoms with Gasteiger partial charge in [-0.25, -0.2) is 0 Å². The Morgan fingerprint density at radius 1 is 1.17 bits per heavy atom. The molecule has 0 amide bonds. The largest absolute Gasteiger partial charge is 0.466 e. The zero-order valence-corrected chi connectivity index (χ0v) is 16.1. The molecule has 0 aromatic heterocycles. The second-order valence-electron chi connectivity index (χ2n) is 7.72. The Balaban J connectivity index is 2.77. The van der Waals surface area contributed by atoms with Gasteiger partial charge in [0.1, 0.15) is 11.7 Å². The first kappa shape index (κ1) is 20.9. The van der Waals surface area contributed by atoms with E-state index in [4.69, 9.17) is 9.47 Å². The normalized spacial score (nSPS) is 27.3. The second-order valence-corrected chi connectivity index (χ2v) is 7.72. The van der Waals surface area contributed by atoms with Crippen LogP contribution in [0.3, 0.4) is 0 Å². The first-order valence-corrected chi connectivity index (χ1v) is 8.69. The lowest BCUT2D eigenvalue weighted by Crippen LogP contribution is -2.71. The molecule has 2 atom stereocenters. The number of carbonyl (C=O) groups excluding carboxylic acids is 2. The summed E-state index contributed by atoms with van der Waals surface area (Å²) in [6.45, 7) is 12.7. The molecule has 1 rings (SSSR count). The van der Waals surface area contributed by atoms with Crippen LogP contribution in [-0.4, -0.2) is 59.4 Å². The van der Waals surface area contributed by atoms with Gasteiger partial charge in [-0.2, -0.15) is 0 Å². The summed E-state index contributed by atoms with van der Waals surface area (Å²) in [6, 6.07) is 0. The molecule has 0 bridgehead atoms. The maximum Gasteiger partial charge on any atom is 0.306 e. The molecule has 1 N–H and O–H groups in total. The topological polar surface area (TPSA) is 76.1 Å². The van der Waals surface area contributed by atoms with Gasteiger partial charge >= 0.3 is 11.9 Å². The number of likely N-dealkylation sites (tertiary alicyclic amines) is 1. The summed E-state index contributed by atoms with van der Waals surface area (Å²) in [6.07, 6.45) is -0.180. The second kappa shape index (κ2) is 7.40. The van der Waals surface area contributed by atoms with Crippen LogP contribution in [0.1, 0.15) is 60.8 Å². The molecule has 0 spiro atoms. The van der Waals surface area contributed by atoms with Gasteiger partial charge in [-0.05, 0) is 41.2 Å². The summed E-state index contributed by atoms with van der Waals surface area (Å²) in [5.74, 6) is -0.905. The number of aliphatic hydroxyl groups is 1. The average Bonchev–Trinajstić information content (AvgIpc) is 2.48. The molecule has 24 heavy (non-hydrogen) atoms. The molecule has 0 aromatic rings. The maximum atomic E-state index is 12.0. The highest BCUT2D eigenvalue weighted by atomic mass is 16.6. The molecular weight excluding hydrogens is 310 g/mol. The third kappa shape index (κ3) is 3.75. The minimum atomic E-state index is -1.14. The highest BCUT2D eigenvalue weighted by Crippen LogP contribution is 2.51. The first-order chi connectivity index (χ1) is 10.9. The van der Waals surface area contributed by atoms with Crippen molar-refractivity contribution in [1.82, 2.24) is 4.90 Å². The number of piperidine rings is 1. The van der Waals surface area contributed by atoms with Crippen molar-refractivity contribution in [2.24, 2.45) is 5.41 Å². The predicted octanol–water partition coefficient (Wildman–Crippen LogP) is 2.13. The van der Waals surface area contributed by atoms with Gasteiger partial charge in [0.25, 0.3) is 0 Å². The minimum Gasteiger partial charge on any atom is -0.466 e. The number of rotatable bonds is 6. The third-order valence-electron chi connectivity index (χ3n) is 6.21. The van der Waals surface area contributed by atoms with Gasteiger partial charge in [0.05, 0.1) is 19.4 Å². The molecule has 6 heteroatoms. The summed E-state index contributed by atoms with van der Waals surface area (Å²) >= 11 is 0. The van der Waals surface area contributed by atoms with Crippen molar-refractivity contribution in [2.75, 3.05) is 20.2 Å². The van der Waals surface area contributed by atoms with Crippen LogP contribution >= 0.6 is 0 Å². The molecule has 1 aliphatic heterocycles. The first-order valence-electron chi connectivity index (χ1n) is 8.69. The quantitative estimate of drug-likeness (QED) is 0.745. The fourth-order valence-corrected chi connectivity index (χ4v) is 3.44. The van der Waals surface area contributed by atoms with Gasteiger partial charge in [0, 0.05) is 17.5 Å². The molecule has 2 unspecified atom stereocenters. The van der Waals surface area contributed by atoms with Gasteiger partial charge in [-0.1, -0.05) is 13.8 Å². The Morgan fingerprint density at radius 3 is 2.25 bits per heavy atom. The van der Waals surface area contributed by atoms with Gasteiger partial charge in [-0.15, -0.1) is 0 Å². The van der Waals surface area contributed by atoms with Crippen LogP contribution in [0.5, 0.6) is 0 Å². The van der Waals surface area contributed by atoms with Crippen molar-refractivity contribution < 1.29 is 24.2 Å². The molecule has 1 fully saturated rings. The van der Waals surface area contributed by atoms with Crippen LogP contribution < -0.4 is 0 Å². The predicted molar refractivity (Wildman–Crippen MR) is 91.5 cm³/mol. The number of carbonyl (C=O) groups is 2. The maximum absolute atomic E-state index is 12.0. The summed E-state index contributed by atoms with van der Waals surface area (Å²) in [5.41, 5.74) is -1.89. The molecule has 0 aliphatic carbocycles. The van der Waals surface area contributed by atoms with Crippen molar-refractivity contribution in [1.29, 1.82) is 0 Å². The van der Waals surface area contributed by atoms with Crippen LogP contribution in [0.25, 0.3) is 0 Å². The van der Waals surface area contributed by atoms with Crippen molar-refractivity contribution >= 4 is 11.9 Å². The van der Waals surface area contributed by atoms with Crippen LogP contribution in [0.2, 0.25) is 0 Å². The van der Waals surface area contributed by atoms with Gasteiger partial charge in [-0.3, -0.25) is 9.59 Å². The number of hydrogen-bond donors (Lipinski definition) is 1. The molecule has 1 heterocycles. The summed E-state index contributed by atoms with van der Waals surface area (Å²) < 4.78 is 10.3. The van der Waals surface area contributed by atoms with E-state index in [9.17, 15) is 14.7 Å².